The summed E-state index contributed by atoms with van der Waals surface area (Å²) in [5.74, 6) is -0.480. The minimum atomic E-state index is -4.55. The van der Waals surface area contributed by atoms with Crippen LogP contribution in [0.4, 0.5) is 18.9 Å². The maximum atomic E-state index is 12.5. The van der Waals surface area contributed by atoms with Crippen LogP contribution in [-0.2, 0) is 6.18 Å². The minimum absolute atomic E-state index is 0.0223. The van der Waals surface area contributed by atoms with Crippen molar-refractivity contribution in [2.45, 2.75) is 12.6 Å². The molecular formula is C10H11F3N2O. The molecule has 0 unspecified atom stereocenters. The number of nitrogens with two attached hydrogens (primary N) is 2. The number of ketones is 1. The third-order valence-corrected chi connectivity index (χ3v) is 2.08. The summed E-state index contributed by atoms with van der Waals surface area (Å²) < 4.78 is 37.4. The number of carbonyl (C=O) groups excluding carboxylic acids is 1. The van der Waals surface area contributed by atoms with Crippen LogP contribution in [0.2, 0.25) is 0 Å². The van der Waals surface area contributed by atoms with Gasteiger partial charge in [-0.15, -0.1) is 0 Å². The Morgan fingerprint density at radius 2 is 1.94 bits per heavy atom. The van der Waals surface area contributed by atoms with Crippen LogP contribution in [-0.4, -0.2) is 12.3 Å². The summed E-state index contributed by atoms with van der Waals surface area (Å²) in [4.78, 5) is 11.4. The molecule has 0 atom stereocenters. The Labute approximate surface area is 90.2 Å². The Morgan fingerprint density at radius 3 is 2.44 bits per heavy atom. The Bertz CT molecular complexity index is 402. The molecule has 0 aliphatic carbocycles. The lowest BCUT2D eigenvalue weighted by atomic mass is 10.0. The molecule has 16 heavy (non-hydrogen) atoms. The van der Waals surface area contributed by atoms with Gasteiger partial charge in [0, 0.05) is 12.0 Å². The van der Waals surface area contributed by atoms with E-state index in [1.807, 2.05) is 0 Å². The van der Waals surface area contributed by atoms with Gasteiger partial charge in [0.2, 0.25) is 0 Å². The number of Topliss-reactive ketones (excluding diaryl/α,β-unsaturated/α-hetero) is 1. The first-order valence-electron chi connectivity index (χ1n) is 4.57. The third-order valence-electron chi connectivity index (χ3n) is 2.08. The quantitative estimate of drug-likeness (QED) is 0.617. The minimum Gasteiger partial charge on any atom is -0.398 e. The fraction of sp³-hybridized carbons (Fsp3) is 0.300. The summed E-state index contributed by atoms with van der Waals surface area (Å²) in [6, 6.07) is 3.26. The number of nitrogen functional groups attached to an aromatic ring is 1. The lowest BCUT2D eigenvalue weighted by molar-refractivity contribution is -0.136. The van der Waals surface area contributed by atoms with Gasteiger partial charge in [0.1, 0.15) is 0 Å². The van der Waals surface area contributed by atoms with Crippen molar-refractivity contribution >= 4 is 11.5 Å². The first-order valence-corrected chi connectivity index (χ1v) is 4.57. The molecular weight excluding hydrogens is 221 g/mol. The lowest BCUT2D eigenvalue weighted by Gasteiger charge is -2.12. The summed E-state index contributed by atoms with van der Waals surface area (Å²) in [6.45, 7) is 0.0779. The molecule has 0 bridgehead atoms. The van der Waals surface area contributed by atoms with Gasteiger partial charge in [-0.2, -0.15) is 13.2 Å². The summed E-state index contributed by atoms with van der Waals surface area (Å²) in [6.07, 6.45) is -4.57. The van der Waals surface area contributed by atoms with E-state index in [2.05, 4.69) is 0 Å². The SMILES string of the molecule is NCCC(=O)c1cccc(C(F)(F)F)c1N. The Kier molecular flexibility index (Phi) is 3.54. The van der Waals surface area contributed by atoms with Crippen LogP contribution in [0.3, 0.4) is 0 Å². The number of halogens is 3. The van der Waals surface area contributed by atoms with Crippen LogP contribution < -0.4 is 11.5 Å². The molecule has 4 N–H and O–H groups in total. The Morgan fingerprint density at radius 1 is 1.31 bits per heavy atom. The van der Waals surface area contributed by atoms with Crippen molar-refractivity contribution in [3.05, 3.63) is 29.3 Å². The van der Waals surface area contributed by atoms with Gasteiger partial charge >= 0.3 is 6.18 Å². The molecule has 6 heteroatoms. The molecule has 3 nitrogen and oxygen atoms in total. The van der Waals surface area contributed by atoms with E-state index in [0.717, 1.165) is 12.1 Å². The molecule has 0 saturated heterocycles. The number of hydrogen-bond acceptors (Lipinski definition) is 3. The second kappa shape index (κ2) is 4.52. The van der Waals surface area contributed by atoms with Gasteiger partial charge in [-0.25, -0.2) is 0 Å². The first kappa shape index (κ1) is 12.5. The molecule has 0 radical (unpaired) electrons. The molecule has 0 fully saturated rings. The number of carbonyl (C=O) groups is 1. The summed E-state index contributed by atoms with van der Waals surface area (Å²) in [5.41, 5.74) is 8.83. The second-order valence-corrected chi connectivity index (χ2v) is 3.23. The van der Waals surface area contributed by atoms with Crippen molar-refractivity contribution in [2.75, 3.05) is 12.3 Å². The van der Waals surface area contributed by atoms with Gasteiger partial charge in [0.25, 0.3) is 0 Å². The molecule has 0 heterocycles. The highest BCUT2D eigenvalue weighted by Crippen LogP contribution is 2.35. The topological polar surface area (TPSA) is 69.1 Å². The van der Waals surface area contributed by atoms with Crippen molar-refractivity contribution in [3.8, 4) is 0 Å². The average Bonchev–Trinajstić information content (AvgIpc) is 2.16. The summed E-state index contributed by atoms with van der Waals surface area (Å²) >= 11 is 0. The number of rotatable bonds is 3. The van der Waals surface area contributed by atoms with Gasteiger partial charge in [0.15, 0.2) is 5.78 Å². The van der Waals surface area contributed by atoms with Gasteiger partial charge in [-0.1, -0.05) is 6.07 Å². The van der Waals surface area contributed by atoms with E-state index in [0.29, 0.717) is 0 Å². The smallest absolute Gasteiger partial charge is 0.398 e. The number of anilines is 1. The van der Waals surface area contributed by atoms with E-state index in [-0.39, 0.29) is 18.5 Å². The van der Waals surface area contributed by atoms with Gasteiger partial charge in [-0.3, -0.25) is 4.79 Å². The van der Waals surface area contributed by atoms with Crippen molar-refractivity contribution in [2.24, 2.45) is 5.73 Å². The molecule has 0 aliphatic heterocycles. The molecule has 88 valence electrons. The van der Waals surface area contributed by atoms with Crippen LogP contribution in [0.5, 0.6) is 0 Å². The highest BCUT2D eigenvalue weighted by molar-refractivity contribution is 6.01. The molecule has 0 aliphatic rings. The lowest BCUT2D eigenvalue weighted by Crippen LogP contribution is -2.15. The molecule has 1 aromatic rings. The number of para-hydroxylation sites is 1. The molecule has 1 aromatic carbocycles. The zero-order valence-corrected chi connectivity index (χ0v) is 8.34. The Balaban J connectivity index is 3.19. The normalized spacial score (nSPS) is 11.5. The maximum absolute atomic E-state index is 12.5. The average molecular weight is 232 g/mol. The second-order valence-electron chi connectivity index (χ2n) is 3.23. The van der Waals surface area contributed by atoms with E-state index in [1.165, 1.54) is 6.07 Å². The maximum Gasteiger partial charge on any atom is 0.418 e. The van der Waals surface area contributed by atoms with Crippen LogP contribution in [0, 0.1) is 0 Å². The van der Waals surface area contributed by atoms with Gasteiger partial charge in [-0.05, 0) is 18.7 Å². The van der Waals surface area contributed by atoms with Gasteiger partial charge in [0.05, 0.1) is 11.3 Å². The van der Waals surface area contributed by atoms with Gasteiger partial charge < -0.3 is 11.5 Å². The number of hydrogen-bond donors (Lipinski definition) is 2. The van der Waals surface area contributed by atoms with Crippen LogP contribution in [0.1, 0.15) is 22.3 Å². The van der Waals surface area contributed by atoms with Crippen LogP contribution >= 0.6 is 0 Å². The molecule has 0 aromatic heterocycles. The predicted octanol–water partition coefficient (Wildman–Crippen LogP) is 1.82. The first-order chi connectivity index (χ1) is 7.38. The van der Waals surface area contributed by atoms with E-state index >= 15 is 0 Å². The van der Waals surface area contributed by atoms with E-state index in [9.17, 15) is 18.0 Å². The van der Waals surface area contributed by atoms with Crippen molar-refractivity contribution < 1.29 is 18.0 Å². The molecule has 0 spiro atoms. The zero-order chi connectivity index (χ0) is 12.3. The predicted molar refractivity (Wildman–Crippen MR) is 53.9 cm³/mol. The van der Waals surface area contributed by atoms with Crippen molar-refractivity contribution in [3.63, 3.8) is 0 Å². The Hall–Kier alpha value is -1.56. The zero-order valence-electron chi connectivity index (χ0n) is 8.34. The van der Waals surface area contributed by atoms with Crippen LogP contribution in [0.15, 0.2) is 18.2 Å². The van der Waals surface area contributed by atoms with E-state index in [4.69, 9.17) is 11.5 Å². The summed E-state index contributed by atoms with van der Waals surface area (Å²) in [7, 11) is 0. The third kappa shape index (κ3) is 2.52. The molecule has 0 saturated carbocycles. The fourth-order valence-electron chi connectivity index (χ4n) is 1.32. The fourth-order valence-corrected chi connectivity index (χ4v) is 1.32. The highest BCUT2D eigenvalue weighted by atomic mass is 19.4. The monoisotopic (exact) mass is 232 g/mol. The van der Waals surface area contributed by atoms with Crippen LogP contribution in [0.25, 0.3) is 0 Å². The van der Waals surface area contributed by atoms with Crippen molar-refractivity contribution in [1.82, 2.24) is 0 Å². The van der Waals surface area contributed by atoms with E-state index in [1.54, 1.807) is 0 Å². The highest BCUT2D eigenvalue weighted by Gasteiger charge is 2.34. The summed E-state index contributed by atoms with van der Waals surface area (Å²) in [5, 5.41) is 0. The van der Waals surface area contributed by atoms with E-state index < -0.39 is 23.2 Å². The standard InChI is InChI=1S/C10H11F3N2O/c11-10(12,13)7-3-1-2-6(9(7)15)8(16)4-5-14/h1-3H,4-5,14-15H2. The largest absolute Gasteiger partial charge is 0.418 e. The number of alkyl halides is 3. The number of benzene rings is 1. The molecule has 1 rings (SSSR count). The molecule has 0 amide bonds. The van der Waals surface area contributed by atoms with Crippen molar-refractivity contribution in [1.29, 1.82) is 0 Å².